The minimum absolute atomic E-state index is 0. The summed E-state index contributed by atoms with van der Waals surface area (Å²) in [5.74, 6) is -0.111. The van der Waals surface area contributed by atoms with E-state index in [1.54, 1.807) is 4.90 Å². The van der Waals surface area contributed by atoms with Gasteiger partial charge in [0.25, 0.3) is 6.01 Å². The van der Waals surface area contributed by atoms with Crippen LogP contribution in [-0.2, 0) is 4.79 Å². The van der Waals surface area contributed by atoms with Crippen LogP contribution in [0.25, 0.3) is 11.1 Å². The summed E-state index contributed by atoms with van der Waals surface area (Å²) in [5.41, 5.74) is 2.16. The molecule has 0 fully saturated rings. The Morgan fingerprint density at radius 3 is 2.64 bits per heavy atom. The summed E-state index contributed by atoms with van der Waals surface area (Å²) in [7, 11) is 5.56. The Labute approximate surface area is 142 Å². The van der Waals surface area contributed by atoms with Gasteiger partial charge in [0.05, 0.1) is 0 Å². The lowest BCUT2D eigenvalue weighted by molar-refractivity contribution is -0.119. The Hall–Kier alpha value is -1.50. The van der Waals surface area contributed by atoms with Crippen molar-refractivity contribution in [2.45, 2.75) is 6.92 Å². The summed E-state index contributed by atoms with van der Waals surface area (Å²) in [4.78, 5) is 18.1. The first-order valence-electron chi connectivity index (χ1n) is 6.54. The van der Waals surface area contributed by atoms with Crippen LogP contribution in [0.2, 0.25) is 0 Å². The van der Waals surface area contributed by atoms with E-state index in [0.717, 1.165) is 11.2 Å². The van der Waals surface area contributed by atoms with Crippen molar-refractivity contribution < 1.29 is 9.21 Å². The van der Waals surface area contributed by atoms with Gasteiger partial charge in [0.15, 0.2) is 5.58 Å². The molecule has 2 rings (SSSR count). The third kappa shape index (κ3) is 4.76. The number of amides is 1. The van der Waals surface area contributed by atoms with Gasteiger partial charge in [-0.25, -0.2) is 0 Å². The zero-order valence-electron chi connectivity index (χ0n) is 13.0. The SMILES string of the molecule is CNCC(C)C(=O)Nc1ccc2oc(N(C)C)nc2c1.Cl.Cl. The zero-order chi connectivity index (χ0) is 14.7. The molecule has 0 aliphatic heterocycles. The number of benzene rings is 1. The van der Waals surface area contributed by atoms with Crippen LogP contribution < -0.4 is 15.5 Å². The number of oxazole rings is 1. The summed E-state index contributed by atoms with van der Waals surface area (Å²) in [6, 6.07) is 5.99. The van der Waals surface area contributed by atoms with Gasteiger partial charge < -0.3 is 20.0 Å². The largest absolute Gasteiger partial charge is 0.423 e. The molecule has 1 heterocycles. The second-order valence-electron chi connectivity index (χ2n) is 5.02. The molecule has 2 aromatic rings. The zero-order valence-corrected chi connectivity index (χ0v) is 14.7. The van der Waals surface area contributed by atoms with E-state index < -0.39 is 0 Å². The molecule has 0 saturated carbocycles. The summed E-state index contributed by atoms with van der Waals surface area (Å²) < 4.78 is 5.57. The molecule has 124 valence electrons. The van der Waals surface area contributed by atoms with E-state index in [-0.39, 0.29) is 36.6 Å². The van der Waals surface area contributed by atoms with Gasteiger partial charge in [0.2, 0.25) is 5.91 Å². The molecule has 1 aromatic carbocycles. The van der Waals surface area contributed by atoms with Gasteiger partial charge in [-0.05, 0) is 25.2 Å². The fourth-order valence-corrected chi connectivity index (χ4v) is 1.85. The molecule has 1 aromatic heterocycles. The normalized spacial score (nSPS) is 11.3. The monoisotopic (exact) mass is 348 g/mol. The molecular formula is C14H22Cl2N4O2. The highest BCUT2D eigenvalue weighted by molar-refractivity contribution is 5.94. The number of hydrogen-bond donors (Lipinski definition) is 2. The molecule has 6 nitrogen and oxygen atoms in total. The lowest BCUT2D eigenvalue weighted by Gasteiger charge is -2.11. The maximum atomic E-state index is 11.9. The fraction of sp³-hybridized carbons (Fsp3) is 0.429. The Morgan fingerprint density at radius 1 is 1.36 bits per heavy atom. The molecular weight excluding hydrogens is 327 g/mol. The van der Waals surface area contributed by atoms with Gasteiger partial charge in [-0.1, -0.05) is 6.92 Å². The molecule has 0 radical (unpaired) electrons. The molecule has 1 atom stereocenters. The molecule has 22 heavy (non-hydrogen) atoms. The topological polar surface area (TPSA) is 70.4 Å². The summed E-state index contributed by atoms with van der Waals surface area (Å²) >= 11 is 0. The second kappa shape index (κ2) is 8.82. The molecule has 1 amide bonds. The molecule has 0 aliphatic carbocycles. The third-order valence-electron chi connectivity index (χ3n) is 2.98. The number of nitrogens with one attached hydrogen (secondary N) is 2. The summed E-state index contributed by atoms with van der Waals surface area (Å²) in [5, 5.41) is 5.87. The number of fused-ring (bicyclic) bond motifs is 1. The number of hydrogen-bond acceptors (Lipinski definition) is 5. The molecule has 0 bridgehead atoms. The Kier molecular flexibility index (Phi) is 8.22. The number of carbonyl (C=O) groups is 1. The summed E-state index contributed by atoms with van der Waals surface area (Å²) in [6.07, 6.45) is 0. The van der Waals surface area contributed by atoms with Crippen molar-refractivity contribution in [2.75, 3.05) is 37.9 Å². The van der Waals surface area contributed by atoms with Crippen LogP contribution in [-0.4, -0.2) is 38.6 Å². The molecule has 0 aliphatic rings. The van der Waals surface area contributed by atoms with Crippen molar-refractivity contribution in [1.82, 2.24) is 10.3 Å². The third-order valence-corrected chi connectivity index (χ3v) is 2.98. The highest BCUT2D eigenvalue weighted by Crippen LogP contribution is 2.23. The predicted molar refractivity (Wildman–Crippen MR) is 94.6 cm³/mol. The van der Waals surface area contributed by atoms with Crippen LogP contribution >= 0.6 is 24.8 Å². The molecule has 1 unspecified atom stereocenters. The standard InChI is InChI=1S/C14H20N4O2.2ClH/c1-9(8-15-2)13(19)16-10-5-6-12-11(7-10)17-14(20-12)18(3)4;;/h5-7,9,15H,8H2,1-4H3,(H,16,19);2*1H. The van der Waals surface area contributed by atoms with Gasteiger partial charge in [-0.2, -0.15) is 4.98 Å². The maximum absolute atomic E-state index is 11.9. The van der Waals surface area contributed by atoms with E-state index in [4.69, 9.17) is 4.42 Å². The van der Waals surface area contributed by atoms with Crippen LogP contribution in [0.15, 0.2) is 22.6 Å². The van der Waals surface area contributed by atoms with E-state index >= 15 is 0 Å². The predicted octanol–water partition coefficient (Wildman–Crippen LogP) is 2.53. The first kappa shape index (κ1) is 20.5. The number of rotatable bonds is 5. The lowest BCUT2D eigenvalue weighted by Crippen LogP contribution is -2.28. The Bertz CT molecular complexity index is 616. The van der Waals surface area contributed by atoms with Crippen molar-refractivity contribution >= 4 is 53.5 Å². The number of nitrogens with zero attached hydrogens (tertiary/aromatic N) is 2. The van der Waals surface area contributed by atoms with Gasteiger partial charge >= 0.3 is 0 Å². The minimum atomic E-state index is -0.0923. The van der Waals surface area contributed by atoms with Crippen LogP contribution in [0.1, 0.15) is 6.92 Å². The number of carbonyl (C=O) groups excluding carboxylic acids is 1. The van der Waals surface area contributed by atoms with Crippen LogP contribution in [0.5, 0.6) is 0 Å². The molecule has 8 heteroatoms. The van der Waals surface area contributed by atoms with Gasteiger partial charge in [-0.3, -0.25) is 4.79 Å². The first-order chi connectivity index (χ1) is 9.51. The molecule has 0 saturated heterocycles. The van der Waals surface area contributed by atoms with Gasteiger partial charge in [-0.15, -0.1) is 24.8 Å². The second-order valence-corrected chi connectivity index (χ2v) is 5.02. The van der Waals surface area contributed by atoms with Crippen molar-refractivity contribution in [2.24, 2.45) is 5.92 Å². The molecule has 0 spiro atoms. The van der Waals surface area contributed by atoms with Gasteiger partial charge in [0.1, 0.15) is 5.52 Å². The highest BCUT2D eigenvalue weighted by atomic mass is 35.5. The van der Waals surface area contributed by atoms with E-state index in [1.165, 1.54) is 0 Å². The average Bonchev–Trinajstić information content (AvgIpc) is 2.82. The number of anilines is 2. The van der Waals surface area contributed by atoms with Gasteiger partial charge in [0, 0.05) is 32.2 Å². The van der Waals surface area contributed by atoms with E-state index in [2.05, 4.69) is 15.6 Å². The Morgan fingerprint density at radius 2 is 2.05 bits per heavy atom. The average molecular weight is 349 g/mol. The smallest absolute Gasteiger partial charge is 0.297 e. The maximum Gasteiger partial charge on any atom is 0.297 e. The highest BCUT2D eigenvalue weighted by Gasteiger charge is 2.13. The number of aromatic nitrogens is 1. The van der Waals surface area contributed by atoms with Crippen molar-refractivity contribution in [3.63, 3.8) is 0 Å². The van der Waals surface area contributed by atoms with E-state index in [1.807, 2.05) is 46.3 Å². The first-order valence-corrected chi connectivity index (χ1v) is 6.54. The van der Waals surface area contributed by atoms with E-state index in [9.17, 15) is 4.79 Å². The van der Waals surface area contributed by atoms with Crippen molar-refractivity contribution in [1.29, 1.82) is 0 Å². The lowest BCUT2D eigenvalue weighted by atomic mass is 10.1. The van der Waals surface area contributed by atoms with Crippen LogP contribution in [0.3, 0.4) is 0 Å². The van der Waals surface area contributed by atoms with E-state index in [0.29, 0.717) is 18.1 Å². The van der Waals surface area contributed by atoms with Crippen LogP contribution in [0, 0.1) is 5.92 Å². The fourth-order valence-electron chi connectivity index (χ4n) is 1.85. The minimum Gasteiger partial charge on any atom is -0.423 e. The van der Waals surface area contributed by atoms with Crippen LogP contribution in [0.4, 0.5) is 11.7 Å². The Balaban J connectivity index is 0.00000220. The quantitative estimate of drug-likeness (QED) is 0.868. The molecule has 2 N–H and O–H groups in total. The van der Waals surface area contributed by atoms with Crippen molar-refractivity contribution in [3.05, 3.63) is 18.2 Å². The summed E-state index contributed by atoms with van der Waals surface area (Å²) in [6.45, 7) is 2.52. The van der Waals surface area contributed by atoms with Crippen molar-refractivity contribution in [3.8, 4) is 0 Å². The number of halogens is 2.